The molecule has 2 N–H and O–H groups in total. The summed E-state index contributed by atoms with van der Waals surface area (Å²) in [4.78, 5) is 24.9. The number of hydrogen-bond donors (Lipinski definition) is 2. The number of nitrogens with zero attached hydrogens (tertiary/aromatic N) is 1. The van der Waals surface area contributed by atoms with Crippen molar-refractivity contribution >= 4 is 0 Å². The molecule has 0 spiro atoms. The maximum atomic E-state index is 12.2. The van der Waals surface area contributed by atoms with Crippen LogP contribution >= 0.6 is 0 Å². The zero-order valence-corrected chi connectivity index (χ0v) is 10.6. The Hall–Kier alpha value is -2.71. The number of alkyl halides is 3. The van der Waals surface area contributed by atoms with Gasteiger partial charge in [0, 0.05) is 6.07 Å². The van der Waals surface area contributed by atoms with Crippen LogP contribution < -0.4 is 16.0 Å². The van der Waals surface area contributed by atoms with Gasteiger partial charge >= 0.3 is 12.1 Å². The summed E-state index contributed by atoms with van der Waals surface area (Å²) < 4.78 is 40.9. The Morgan fingerprint density at radius 2 is 1.95 bits per heavy atom. The van der Waals surface area contributed by atoms with Crippen LogP contribution in [0, 0.1) is 6.92 Å². The van der Waals surface area contributed by atoms with Crippen LogP contribution in [-0.4, -0.2) is 21.0 Å². The van der Waals surface area contributed by atoms with Crippen LogP contribution in [0.25, 0.3) is 5.69 Å². The largest absolute Gasteiger partial charge is 0.573 e. The zero-order chi connectivity index (χ0) is 15.8. The number of aromatic hydroxyl groups is 1. The molecule has 0 aliphatic carbocycles. The Morgan fingerprint density at radius 1 is 1.29 bits per heavy atom. The van der Waals surface area contributed by atoms with E-state index in [-0.39, 0.29) is 11.3 Å². The minimum atomic E-state index is -4.88. The van der Waals surface area contributed by atoms with Gasteiger partial charge in [-0.15, -0.1) is 13.2 Å². The molecule has 0 saturated carbocycles. The minimum Gasteiger partial charge on any atom is -0.494 e. The summed E-state index contributed by atoms with van der Waals surface area (Å²) in [6.07, 6.45) is -4.88. The second-order valence-corrected chi connectivity index (χ2v) is 4.09. The molecule has 1 heterocycles. The average Bonchev–Trinajstić information content (AvgIpc) is 2.34. The molecule has 0 fully saturated rings. The summed E-state index contributed by atoms with van der Waals surface area (Å²) in [6.45, 7) is 1.26. The lowest BCUT2D eigenvalue weighted by Crippen LogP contribution is -2.30. The SMILES string of the molecule is Cc1c(O)n(-c2cccc(OC(F)(F)F)c2)c(=O)[nH]c1=O. The molecule has 0 unspecified atom stereocenters. The van der Waals surface area contributed by atoms with Gasteiger partial charge in [0.15, 0.2) is 0 Å². The Kier molecular flexibility index (Phi) is 3.50. The quantitative estimate of drug-likeness (QED) is 0.879. The predicted molar refractivity (Wildman–Crippen MR) is 65.7 cm³/mol. The molecule has 9 heteroatoms. The average molecular weight is 302 g/mol. The van der Waals surface area contributed by atoms with Crippen molar-refractivity contribution in [2.75, 3.05) is 0 Å². The monoisotopic (exact) mass is 302 g/mol. The number of aromatic nitrogens is 2. The first-order chi connectivity index (χ1) is 9.69. The highest BCUT2D eigenvalue weighted by atomic mass is 19.4. The van der Waals surface area contributed by atoms with Gasteiger partial charge in [0.1, 0.15) is 5.75 Å². The van der Waals surface area contributed by atoms with Gasteiger partial charge in [0.2, 0.25) is 5.88 Å². The fourth-order valence-electron chi connectivity index (χ4n) is 1.67. The second kappa shape index (κ2) is 5.00. The van der Waals surface area contributed by atoms with Crippen LogP contribution in [0.1, 0.15) is 5.56 Å². The third-order valence-corrected chi connectivity index (χ3v) is 2.62. The van der Waals surface area contributed by atoms with E-state index in [1.165, 1.54) is 19.1 Å². The van der Waals surface area contributed by atoms with Crippen molar-refractivity contribution in [2.45, 2.75) is 13.3 Å². The van der Waals surface area contributed by atoms with E-state index in [9.17, 15) is 27.9 Å². The molecule has 0 bridgehead atoms. The highest BCUT2D eigenvalue weighted by Gasteiger charge is 2.31. The van der Waals surface area contributed by atoms with Crippen molar-refractivity contribution < 1.29 is 23.0 Å². The minimum absolute atomic E-state index is 0.0846. The lowest BCUT2D eigenvalue weighted by atomic mass is 10.3. The van der Waals surface area contributed by atoms with Gasteiger partial charge in [-0.05, 0) is 19.1 Å². The number of nitrogens with one attached hydrogen (secondary N) is 1. The normalized spacial score (nSPS) is 11.4. The number of ether oxygens (including phenoxy) is 1. The predicted octanol–water partition coefficient (Wildman–Crippen LogP) is 1.44. The first kappa shape index (κ1) is 14.7. The molecule has 1 aromatic heterocycles. The number of aromatic amines is 1. The highest BCUT2D eigenvalue weighted by Crippen LogP contribution is 2.25. The zero-order valence-electron chi connectivity index (χ0n) is 10.6. The van der Waals surface area contributed by atoms with Gasteiger partial charge in [0.05, 0.1) is 11.3 Å². The molecular weight excluding hydrogens is 293 g/mol. The van der Waals surface area contributed by atoms with Crippen molar-refractivity contribution in [2.24, 2.45) is 0 Å². The molecule has 1 aromatic carbocycles. The molecule has 0 aliphatic heterocycles. The Bertz CT molecular complexity index is 792. The fourth-order valence-corrected chi connectivity index (χ4v) is 1.67. The van der Waals surface area contributed by atoms with Crippen LogP contribution in [0.2, 0.25) is 0 Å². The molecule has 2 rings (SSSR count). The third-order valence-electron chi connectivity index (χ3n) is 2.62. The maximum Gasteiger partial charge on any atom is 0.573 e. The van der Waals surface area contributed by atoms with E-state index in [1.807, 2.05) is 4.98 Å². The van der Waals surface area contributed by atoms with Crippen molar-refractivity contribution in [3.8, 4) is 17.3 Å². The van der Waals surface area contributed by atoms with Gasteiger partial charge < -0.3 is 9.84 Å². The highest BCUT2D eigenvalue weighted by molar-refractivity contribution is 5.42. The fraction of sp³-hybridized carbons (Fsp3) is 0.167. The molecule has 6 nitrogen and oxygen atoms in total. The Balaban J connectivity index is 2.59. The number of H-pyrrole nitrogens is 1. The molecule has 0 radical (unpaired) electrons. The third kappa shape index (κ3) is 3.07. The van der Waals surface area contributed by atoms with E-state index >= 15 is 0 Å². The lowest BCUT2D eigenvalue weighted by Gasteiger charge is -2.12. The van der Waals surface area contributed by atoms with Crippen molar-refractivity contribution in [1.82, 2.24) is 9.55 Å². The van der Waals surface area contributed by atoms with E-state index in [1.54, 1.807) is 0 Å². The van der Waals surface area contributed by atoms with Gasteiger partial charge in [-0.2, -0.15) is 0 Å². The van der Waals surface area contributed by atoms with Gasteiger partial charge in [-0.1, -0.05) is 6.07 Å². The smallest absolute Gasteiger partial charge is 0.494 e. The second-order valence-electron chi connectivity index (χ2n) is 4.09. The van der Waals surface area contributed by atoms with Crippen molar-refractivity contribution in [1.29, 1.82) is 0 Å². The molecular formula is C12H9F3N2O4. The van der Waals surface area contributed by atoms with Crippen molar-refractivity contribution in [3.05, 3.63) is 50.7 Å². The lowest BCUT2D eigenvalue weighted by molar-refractivity contribution is -0.274. The first-order valence-electron chi connectivity index (χ1n) is 5.60. The van der Waals surface area contributed by atoms with Crippen LogP contribution in [0.5, 0.6) is 11.6 Å². The van der Waals surface area contributed by atoms with E-state index in [2.05, 4.69) is 4.74 Å². The summed E-state index contributed by atoms with van der Waals surface area (Å²) in [5.74, 6) is -1.22. The van der Waals surface area contributed by atoms with Crippen LogP contribution in [0.3, 0.4) is 0 Å². The number of hydrogen-bond acceptors (Lipinski definition) is 4. The summed E-state index contributed by atoms with van der Waals surface area (Å²) in [7, 11) is 0. The topological polar surface area (TPSA) is 84.3 Å². The summed E-state index contributed by atoms with van der Waals surface area (Å²) in [6, 6.07) is 4.44. The first-order valence-corrected chi connectivity index (χ1v) is 5.60. The van der Waals surface area contributed by atoms with E-state index < -0.39 is 29.2 Å². The molecule has 2 aromatic rings. The Morgan fingerprint density at radius 3 is 2.57 bits per heavy atom. The number of halogens is 3. The summed E-state index contributed by atoms with van der Waals surface area (Å²) in [5.41, 5.74) is -1.99. The van der Waals surface area contributed by atoms with E-state index in [0.29, 0.717) is 4.57 Å². The number of benzene rings is 1. The van der Waals surface area contributed by atoms with E-state index in [4.69, 9.17) is 0 Å². The van der Waals surface area contributed by atoms with Crippen LogP contribution in [0.15, 0.2) is 33.9 Å². The molecule has 0 saturated heterocycles. The summed E-state index contributed by atoms with van der Waals surface area (Å²) >= 11 is 0. The molecule has 0 amide bonds. The maximum absolute atomic E-state index is 12.2. The van der Waals surface area contributed by atoms with Crippen LogP contribution in [0.4, 0.5) is 13.2 Å². The Labute approximate surface area is 115 Å². The van der Waals surface area contributed by atoms with Crippen LogP contribution in [-0.2, 0) is 0 Å². The number of rotatable bonds is 2. The molecule has 0 atom stereocenters. The summed E-state index contributed by atoms with van der Waals surface area (Å²) in [5, 5.41) is 9.82. The molecule has 0 aliphatic rings. The molecule has 112 valence electrons. The van der Waals surface area contributed by atoms with E-state index in [0.717, 1.165) is 12.1 Å². The van der Waals surface area contributed by atoms with Crippen molar-refractivity contribution in [3.63, 3.8) is 0 Å². The van der Waals surface area contributed by atoms with Gasteiger partial charge in [0.25, 0.3) is 5.56 Å². The van der Waals surface area contributed by atoms with Gasteiger partial charge in [-0.25, -0.2) is 9.36 Å². The molecule has 21 heavy (non-hydrogen) atoms. The standard InChI is InChI=1S/C12H9F3N2O4/c1-6-9(18)16-11(20)17(10(6)19)7-3-2-4-8(5-7)21-12(13,14)15/h2-5,19H,1H3,(H,16,18,20). The van der Waals surface area contributed by atoms with Gasteiger partial charge in [-0.3, -0.25) is 9.78 Å².